The normalized spacial score (nSPS) is 17.0. The summed E-state index contributed by atoms with van der Waals surface area (Å²) in [5.41, 5.74) is 6.60. The lowest BCUT2D eigenvalue weighted by atomic mass is 10.3. The molecular formula is C11H19N5S. The second kappa shape index (κ2) is 6.07. The van der Waals surface area contributed by atoms with Crippen LogP contribution in [-0.4, -0.2) is 52.6 Å². The average molecular weight is 253 g/mol. The summed E-state index contributed by atoms with van der Waals surface area (Å²) in [6.07, 6.45) is 1.75. The third-order valence-corrected chi connectivity index (χ3v) is 3.76. The van der Waals surface area contributed by atoms with E-state index in [2.05, 4.69) is 20.2 Å². The van der Waals surface area contributed by atoms with Gasteiger partial charge in [-0.15, -0.1) is 0 Å². The van der Waals surface area contributed by atoms with Crippen LogP contribution >= 0.6 is 11.8 Å². The summed E-state index contributed by atoms with van der Waals surface area (Å²) in [5, 5.41) is 3.32. The van der Waals surface area contributed by atoms with E-state index in [1.807, 2.05) is 18.7 Å². The molecule has 0 aromatic carbocycles. The van der Waals surface area contributed by atoms with Gasteiger partial charge in [0.25, 0.3) is 0 Å². The number of nitrogens with two attached hydrogens (primary N) is 1. The van der Waals surface area contributed by atoms with Gasteiger partial charge in [0.05, 0.1) is 0 Å². The van der Waals surface area contributed by atoms with Crippen molar-refractivity contribution in [3.05, 3.63) is 11.8 Å². The van der Waals surface area contributed by atoms with E-state index in [-0.39, 0.29) is 0 Å². The number of nitrogens with zero attached hydrogens (tertiary/aromatic N) is 3. The van der Waals surface area contributed by atoms with Crippen molar-refractivity contribution in [2.24, 2.45) is 0 Å². The van der Waals surface area contributed by atoms with E-state index in [0.717, 1.165) is 24.5 Å². The van der Waals surface area contributed by atoms with Crippen molar-refractivity contribution in [3.8, 4) is 0 Å². The molecule has 0 saturated carbocycles. The Balaban J connectivity index is 1.79. The molecule has 94 valence electrons. The van der Waals surface area contributed by atoms with Gasteiger partial charge in [0.15, 0.2) is 0 Å². The lowest BCUT2D eigenvalue weighted by Gasteiger charge is -2.26. The maximum Gasteiger partial charge on any atom is 0.221 e. The van der Waals surface area contributed by atoms with E-state index in [4.69, 9.17) is 5.73 Å². The van der Waals surface area contributed by atoms with Gasteiger partial charge in [-0.3, -0.25) is 4.90 Å². The van der Waals surface area contributed by atoms with Gasteiger partial charge in [-0.05, 0) is 6.92 Å². The average Bonchev–Trinajstić information content (AvgIpc) is 2.35. The zero-order valence-electron chi connectivity index (χ0n) is 10.1. The van der Waals surface area contributed by atoms with Crippen LogP contribution in [0, 0.1) is 6.92 Å². The number of nitrogen functional groups attached to an aromatic ring is 1. The number of nitrogens with one attached hydrogen (secondary N) is 1. The van der Waals surface area contributed by atoms with Crippen molar-refractivity contribution in [2.45, 2.75) is 6.92 Å². The molecule has 1 saturated heterocycles. The van der Waals surface area contributed by atoms with E-state index in [9.17, 15) is 0 Å². The van der Waals surface area contributed by atoms with Gasteiger partial charge < -0.3 is 11.1 Å². The zero-order chi connectivity index (χ0) is 12.1. The van der Waals surface area contributed by atoms with Crippen LogP contribution in [0.2, 0.25) is 0 Å². The largest absolute Gasteiger partial charge is 0.368 e. The molecule has 1 aliphatic heterocycles. The Kier molecular flexibility index (Phi) is 4.44. The van der Waals surface area contributed by atoms with Crippen molar-refractivity contribution in [2.75, 3.05) is 48.7 Å². The van der Waals surface area contributed by atoms with Gasteiger partial charge in [-0.25, -0.2) is 4.98 Å². The molecule has 0 spiro atoms. The lowest BCUT2D eigenvalue weighted by molar-refractivity contribution is 0.314. The summed E-state index contributed by atoms with van der Waals surface area (Å²) in [7, 11) is 0. The smallest absolute Gasteiger partial charge is 0.221 e. The molecule has 1 aliphatic rings. The van der Waals surface area contributed by atoms with Gasteiger partial charge in [-0.2, -0.15) is 16.7 Å². The predicted octanol–water partition coefficient (Wildman–Crippen LogP) is 0.828. The van der Waals surface area contributed by atoms with Crippen LogP contribution in [-0.2, 0) is 0 Å². The number of rotatable bonds is 4. The fourth-order valence-corrected chi connectivity index (χ4v) is 2.77. The Morgan fingerprint density at radius 2 is 2.24 bits per heavy atom. The molecule has 0 unspecified atom stereocenters. The van der Waals surface area contributed by atoms with E-state index in [0.29, 0.717) is 5.95 Å². The molecule has 0 aliphatic carbocycles. The second-order valence-electron chi connectivity index (χ2n) is 4.14. The van der Waals surface area contributed by atoms with Crippen LogP contribution in [0.3, 0.4) is 0 Å². The molecule has 0 amide bonds. The van der Waals surface area contributed by atoms with Crippen LogP contribution in [0.5, 0.6) is 0 Å². The fourth-order valence-electron chi connectivity index (χ4n) is 1.79. The Hall–Kier alpha value is -1.01. The SMILES string of the molecule is Cc1cnc(N)nc1NCCN1CCSCC1. The molecule has 6 heteroatoms. The van der Waals surface area contributed by atoms with E-state index >= 15 is 0 Å². The van der Waals surface area contributed by atoms with Crippen LogP contribution in [0.1, 0.15) is 5.56 Å². The zero-order valence-corrected chi connectivity index (χ0v) is 11.0. The van der Waals surface area contributed by atoms with E-state index < -0.39 is 0 Å². The van der Waals surface area contributed by atoms with E-state index in [1.165, 1.54) is 24.6 Å². The van der Waals surface area contributed by atoms with Gasteiger partial charge >= 0.3 is 0 Å². The molecule has 3 N–H and O–H groups in total. The standard InChI is InChI=1S/C11H19N5S/c1-9-8-14-11(12)15-10(9)13-2-3-16-4-6-17-7-5-16/h8H,2-7H2,1H3,(H3,12,13,14,15). The molecule has 0 atom stereocenters. The number of aromatic nitrogens is 2. The first-order valence-corrected chi connectivity index (χ1v) is 7.04. The maximum absolute atomic E-state index is 5.57. The van der Waals surface area contributed by atoms with Crippen LogP contribution in [0.4, 0.5) is 11.8 Å². The monoisotopic (exact) mass is 253 g/mol. The van der Waals surface area contributed by atoms with Crippen LogP contribution < -0.4 is 11.1 Å². The summed E-state index contributed by atoms with van der Waals surface area (Å²) in [6, 6.07) is 0. The molecule has 0 radical (unpaired) electrons. The van der Waals surface area contributed by atoms with Gasteiger partial charge in [-0.1, -0.05) is 0 Å². The molecule has 17 heavy (non-hydrogen) atoms. The topological polar surface area (TPSA) is 67.1 Å². The van der Waals surface area contributed by atoms with Crippen molar-refractivity contribution in [3.63, 3.8) is 0 Å². The quantitative estimate of drug-likeness (QED) is 0.828. The third kappa shape index (κ3) is 3.74. The van der Waals surface area contributed by atoms with Crippen LogP contribution in [0.25, 0.3) is 0 Å². The Morgan fingerprint density at radius 1 is 1.47 bits per heavy atom. The molecule has 1 aromatic heterocycles. The summed E-state index contributed by atoms with van der Waals surface area (Å²) in [4.78, 5) is 10.6. The second-order valence-corrected chi connectivity index (χ2v) is 5.37. The maximum atomic E-state index is 5.57. The first-order valence-electron chi connectivity index (χ1n) is 5.89. The number of hydrogen-bond acceptors (Lipinski definition) is 6. The molecule has 2 rings (SSSR count). The Labute approximate surface area is 106 Å². The third-order valence-electron chi connectivity index (χ3n) is 2.81. The lowest BCUT2D eigenvalue weighted by Crippen LogP contribution is -2.36. The summed E-state index contributed by atoms with van der Waals surface area (Å²) in [5.74, 6) is 3.68. The number of thioether (sulfide) groups is 1. The minimum Gasteiger partial charge on any atom is -0.368 e. The van der Waals surface area contributed by atoms with Gasteiger partial charge in [0.2, 0.25) is 5.95 Å². The Bertz CT molecular complexity index is 365. The first-order chi connectivity index (χ1) is 8.25. The molecule has 1 fully saturated rings. The highest BCUT2D eigenvalue weighted by atomic mass is 32.2. The highest BCUT2D eigenvalue weighted by molar-refractivity contribution is 7.99. The van der Waals surface area contributed by atoms with Gasteiger partial charge in [0.1, 0.15) is 5.82 Å². The van der Waals surface area contributed by atoms with Crippen molar-refractivity contribution >= 4 is 23.5 Å². The summed E-state index contributed by atoms with van der Waals surface area (Å²) in [6.45, 7) is 6.33. The highest BCUT2D eigenvalue weighted by Gasteiger charge is 2.09. The van der Waals surface area contributed by atoms with Crippen LogP contribution in [0.15, 0.2) is 6.20 Å². The van der Waals surface area contributed by atoms with Crippen molar-refractivity contribution in [1.82, 2.24) is 14.9 Å². The molecule has 5 nitrogen and oxygen atoms in total. The number of aryl methyl sites for hydroxylation is 1. The molecule has 1 aromatic rings. The van der Waals surface area contributed by atoms with E-state index in [1.54, 1.807) is 6.20 Å². The van der Waals surface area contributed by atoms with Crippen molar-refractivity contribution in [1.29, 1.82) is 0 Å². The number of hydrogen-bond donors (Lipinski definition) is 2. The Morgan fingerprint density at radius 3 is 3.00 bits per heavy atom. The molecule has 2 heterocycles. The fraction of sp³-hybridized carbons (Fsp3) is 0.636. The minimum absolute atomic E-state index is 0.326. The van der Waals surface area contributed by atoms with Crippen molar-refractivity contribution < 1.29 is 0 Å². The summed E-state index contributed by atoms with van der Waals surface area (Å²) >= 11 is 2.03. The first kappa shape index (κ1) is 12.4. The highest BCUT2D eigenvalue weighted by Crippen LogP contribution is 2.11. The molecular weight excluding hydrogens is 234 g/mol. The molecule has 0 bridgehead atoms. The minimum atomic E-state index is 0.326. The predicted molar refractivity (Wildman–Crippen MR) is 73.4 cm³/mol. The summed E-state index contributed by atoms with van der Waals surface area (Å²) < 4.78 is 0. The number of anilines is 2. The van der Waals surface area contributed by atoms with Gasteiger partial charge in [0, 0.05) is 49.4 Å².